The monoisotopic (exact) mass is 317 g/mol. The number of hydrogen-bond donors (Lipinski definition) is 1. The molecule has 23 heavy (non-hydrogen) atoms. The van der Waals surface area contributed by atoms with Gasteiger partial charge in [-0.1, -0.05) is 19.1 Å². The minimum atomic E-state index is 0.254. The fraction of sp³-hybridized carbons (Fsp3) is 0.714. The standard InChI is InChI=1S/C14H23N9/c1-9(2)11-15-13(22(3)4)17-14(16-11)23-7-5-6-10(8-23)12-18-20-21-19-12/h9-10H,5-8H2,1-4H3,(H,18,19,20,21)/t10-/m0/s1. The Balaban J connectivity index is 1.87. The predicted molar refractivity (Wildman–Crippen MR) is 86.6 cm³/mol. The minimum Gasteiger partial charge on any atom is -0.347 e. The average Bonchev–Trinajstić information content (AvgIpc) is 3.09. The fourth-order valence-corrected chi connectivity index (χ4v) is 2.68. The van der Waals surface area contributed by atoms with Crippen molar-refractivity contribution in [1.82, 2.24) is 35.6 Å². The molecule has 0 spiro atoms. The third kappa shape index (κ3) is 3.38. The summed E-state index contributed by atoms with van der Waals surface area (Å²) in [7, 11) is 3.89. The Morgan fingerprint density at radius 2 is 2.04 bits per heavy atom. The molecule has 0 aliphatic carbocycles. The number of nitrogens with one attached hydrogen (secondary N) is 1. The molecular formula is C14H23N9. The van der Waals surface area contributed by atoms with Crippen molar-refractivity contribution in [2.24, 2.45) is 0 Å². The highest BCUT2D eigenvalue weighted by atomic mass is 15.5. The van der Waals surface area contributed by atoms with E-state index in [4.69, 9.17) is 0 Å². The van der Waals surface area contributed by atoms with Crippen LogP contribution in [0.3, 0.4) is 0 Å². The lowest BCUT2D eigenvalue weighted by atomic mass is 9.98. The molecule has 0 aromatic carbocycles. The number of aromatic amines is 1. The maximum absolute atomic E-state index is 4.67. The molecule has 1 aliphatic rings. The smallest absolute Gasteiger partial charge is 0.230 e. The third-order valence-corrected chi connectivity index (χ3v) is 3.98. The molecule has 2 aromatic heterocycles. The van der Waals surface area contributed by atoms with Crippen LogP contribution in [0.15, 0.2) is 0 Å². The summed E-state index contributed by atoms with van der Waals surface area (Å²) in [5.41, 5.74) is 0. The van der Waals surface area contributed by atoms with Crippen LogP contribution in [0.2, 0.25) is 0 Å². The van der Waals surface area contributed by atoms with Crippen LogP contribution in [0.1, 0.15) is 50.2 Å². The Bertz CT molecular complexity index is 611. The van der Waals surface area contributed by atoms with E-state index in [0.29, 0.717) is 5.95 Å². The first-order valence-electron chi connectivity index (χ1n) is 7.96. The molecule has 0 amide bonds. The lowest BCUT2D eigenvalue weighted by Crippen LogP contribution is -2.36. The van der Waals surface area contributed by atoms with E-state index < -0.39 is 0 Å². The second kappa shape index (κ2) is 6.43. The second-order valence-electron chi connectivity index (χ2n) is 6.40. The van der Waals surface area contributed by atoms with Gasteiger partial charge in [0.1, 0.15) is 5.82 Å². The molecule has 1 aliphatic heterocycles. The molecule has 9 heteroatoms. The summed E-state index contributed by atoms with van der Waals surface area (Å²) in [5, 5.41) is 14.4. The highest BCUT2D eigenvalue weighted by Crippen LogP contribution is 2.27. The molecule has 124 valence electrons. The Kier molecular flexibility index (Phi) is 4.35. The fourth-order valence-electron chi connectivity index (χ4n) is 2.68. The largest absolute Gasteiger partial charge is 0.347 e. The van der Waals surface area contributed by atoms with Crippen molar-refractivity contribution in [3.05, 3.63) is 11.6 Å². The molecule has 2 aromatic rings. The molecule has 0 saturated carbocycles. The highest BCUT2D eigenvalue weighted by molar-refractivity contribution is 5.39. The van der Waals surface area contributed by atoms with E-state index in [-0.39, 0.29) is 11.8 Å². The molecular weight excluding hydrogens is 294 g/mol. The lowest BCUT2D eigenvalue weighted by molar-refractivity contribution is 0.484. The Labute approximate surface area is 135 Å². The zero-order chi connectivity index (χ0) is 16.4. The summed E-state index contributed by atoms with van der Waals surface area (Å²) in [6.45, 7) is 5.92. The normalized spacial score (nSPS) is 18.5. The molecule has 0 unspecified atom stereocenters. The van der Waals surface area contributed by atoms with E-state index in [1.54, 1.807) is 0 Å². The second-order valence-corrected chi connectivity index (χ2v) is 6.40. The zero-order valence-electron chi connectivity index (χ0n) is 14.1. The van der Waals surface area contributed by atoms with Crippen molar-refractivity contribution in [3.63, 3.8) is 0 Å². The molecule has 0 radical (unpaired) electrons. The van der Waals surface area contributed by atoms with Gasteiger partial charge in [0.05, 0.1) is 0 Å². The molecule has 3 heterocycles. The van der Waals surface area contributed by atoms with Crippen LogP contribution >= 0.6 is 0 Å². The summed E-state index contributed by atoms with van der Waals surface area (Å²) in [6, 6.07) is 0. The molecule has 0 bridgehead atoms. The number of aromatic nitrogens is 7. The van der Waals surface area contributed by atoms with Crippen LogP contribution in [0.5, 0.6) is 0 Å². The predicted octanol–water partition coefficient (Wildman–Crippen LogP) is 0.958. The van der Waals surface area contributed by atoms with E-state index in [1.807, 2.05) is 19.0 Å². The summed E-state index contributed by atoms with van der Waals surface area (Å²) in [4.78, 5) is 17.9. The van der Waals surface area contributed by atoms with Crippen LogP contribution in [-0.2, 0) is 0 Å². The number of anilines is 2. The van der Waals surface area contributed by atoms with Gasteiger partial charge < -0.3 is 9.80 Å². The number of hydrogen-bond acceptors (Lipinski definition) is 8. The van der Waals surface area contributed by atoms with Crippen molar-refractivity contribution in [2.45, 2.75) is 38.5 Å². The number of tetrazole rings is 1. The summed E-state index contributed by atoms with van der Waals surface area (Å²) < 4.78 is 0. The number of piperidine rings is 1. The van der Waals surface area contributed by atoms with Crippen LogP contribution < -0.4 is 9.80 Å². The van der Waals surface area contributed by atoms with Crippen LogP contribution in [0, 0.1) is 0 Å². The average molecular weight is 317 g/mol. The van der Waals surface area contributed by atoms with E-state index >= 15 is 0 Å². The Hall–Kier alpha value is -2.32. The number of H-pyrrole nitrogens is 1. The van der Waals surface area contributed by atoms with E-state index in [1.165, 1.54) is 0 Å². The highest BCUT2D eigenvalue weighted by Gasteiger charge is 2.27. The number of rotatable bonds is 4. The van der Waals surface area contributed by atoms with Crippen molar-refractivity contribution in [2.75, 3.05) is 37.0 Å². The van der Waals surface area contributed by atoms with Crippen LogP contribution in [0.4, 0.5) is 11.9 Å². The van der Waals surface area contributed by atoms with Gasteiger partial charge in [0.15, 0.2) is 5.82 Å². The summed E-state index contributed by atoms with van der Waals surface area (Å²) in [6.07, 6.45) is 2.11. The SMILES string of the molecule is CC(C)c1nc(N(C)C)nc(N2CCC[C@H](c3nn[nH]n3)C2)n1. The van der Waals surface area contributed by atoms with Gasteiger partial charge in [0.25, 0.3) is 0 Å². The van der Waals surface area contributed by atoms with Gasteiger partial charge >= 0.3 is 0 Å². The molecule has 1 saturated heterocycles. The van der Waals surface area contributed by atoms with Gasteiger partial charge in [0.2, 0.25) is 11.9 Å². The quantitative estimate of drug-likeness (QED) is 0.890. The van der Waals surface area contributed by atoms with Gasteiger partial charge in [-0.25, -0.2) is 0 Å². The van der Waals surface area contributed by atoms with Gasteiger partial charge in [-0.2, -0.15) is 20.2 Å². The Morgan fingerprint density at radius 1 is 1.22 bits per heavy atom. The first-order valence-corrected chi connectivity index (χ1v) is 7.96. The van der Waals surface area contributed by atoms with Crippen LogP contribution in [-0.4, -0.2) is 62.8 Å². The molecule has 1 N–H and O–H groups in total. The zero-order valence-corrected chi connectivity index (χ0v) is 14.1. The van der Waals surface area contributed by atoms with Crippen molar-refractivity contribution < 1.29 is 0 Å². The molecule has 3 rings (SSSR count). The molecule has 9 nitrogen and oxygen atoms in total. The van der Waals surface area contributed by atoms with E-state index in [9.17, 15) is 0 Å². The van der Waals surface area contributed by atoms with Crippen LogP contribution in [0.25, 0.3) is 0 Å². The lowest BCUT2D eigenvalue weighted by Gasteiger charge is -2.31. The maximum atomic E-state index is 4.67. The third-order valence-electron chi connectivity index (χ3n) is 3.98. The maximum Gasteiger partial charge on any atom is 0.230 e. The van der Waals surface area contributed by atoms with Crippen molar-refractivity contribution in [3.8, 4) is 0 Å². The summed E-state index contributed by atoms with van der Waals surface area (Å²) >= 11 is 0. The van der Waals surface area contributed by atoms with Gasteiger partial charge in [-0.05, 0) is 12.8 Å². The van der Waals surface area contributed by atoms with Gasteiger partial charge in [-0.3, -0.25) is 0 Å². The minimum absolute atomic E-state index is 0.254. The topological polar surface area (TPSA) is 99.6 Å². The molecule has 1 atom stereocenters. The van der Waals surface area contributed by atoms with Gasteiger partial charge in [-0.15, -0.1) is 10.2 Å². The van der Waals surface area contributed by atoms with E-state index in [0.717, 1.165) is 43.5 Å². The van der Waals surface area contributed by atoms with Crippen molar-refractivity contribution >= 4 is 11.9 Å². The summed E-state index contributed by atoms with van der Waals surface area (Å²) in [5.74, 6) is 3.53. The molecule has 1 fully saturated rings. The first-order chi connectivity index (χ1) is 11.0. The van der Waals surface area contributed by atoms with Crippen molar-refractivity contribution in [1.29, 1.82) is 0 Å². The van der Waals surface area contributed by atoms with Gasteiger partial charge in [0, 0.05) is 39.0 Å². The first kappa shape index (κ1) is 15.6. The Morgan fingerprint density at radius 3 is 2.70 bits per heavy atom. The number of nitrogens with zero attached hydrogens (tertiary/aromatic N) is 8. The van der Waals surface area contributed by atoms with E-state index in [2.05, 4.69) is 54.3 Å².